The van der Waals surface area contributed by atoms with E-state index in [1.807, 2.05) is 0 Å². The lowest BCUT2D eigenvalue weighted by molar-refractivity contribution is -0.136. The number of imide groups is 4. The van der Waals surface area contributed by atoms with Crippen LogP contribution in [0.2, 0.25) is 0 Å². The fourth-order valence-electron chi connectivity index (χ4n) is 6.86. The van der Waals surface area contributed by atoms with Gasteiger partial charge in [0.05, 0.1) is 24.6 Å². The summed E-state index contributed by atoms with van der Waals surface area (Å²) < 4.78 is 19.0. The zero-order chi connectivity index (χ0) is 29.6. The summed E-state index contributed by atoms with van der Waals surface area (Å²) in [5.74, 6) is -8.08. The molecule has 6 rings (SSSR count). The third-order valence-corrected chi connectivity index (χ3v) is 10.1. The number of primary amides is 1. The van der Waals surface area contributed by atoms with Gasteiger partial charge >= 0.3 is 6.03 Å². The number of alkyl halides is 2. The van der Waals surface area contributed by atoms with Gasteiger partial charge in [-0.1, -0.05) is 17.7 Å². The Labute approximate surface area is 242 Å². The highest BCUT2D eigenvalue weighted by atomic mass is 35.5. The van der Waals surface area contributed by atoms with Crippen LogP contribution < -0.4 is 15.4 Å². The van der Waals surface area contributed by atoms with Gasteiger partial charge in [-0.3, -0.25) is 19.2 Å². The molecule has 13 heteroatoms. The molecule has 3 fully saturated rings. The van der Waals surface area contributed by atoms with Crippen LogP contribution in [0.4, 0.5) is 14.9 Å². The number of hydrogen-bond acceptors (Lipinski definition) is 7. The van der Waals surface area contributed by atoms with Crippen molar-refractivity contribution in [2.24, 2.45) is 23.5 Å². The Morgan fingerprint density at radius 3 is 2.37 bits per heavy atom. The van der Waals surface area contributed by atoms with Gasteiger partial charge in [-0.2, -0.15) is 4.90 Å². The summed E-state index contributed by atoms with van der Waals surface area (Å²) in [6, 6.07) is 7.71. The molecule has 4 aliphatic rings. The highest BCUT2D eigenvalue weighted by molar-refractivity contribution is 6.58. The normalized spacial score (nSPS) is 32.4. The fourth-order valence-corrected chi connectivity index (χ4v) is 7.80. The van der Waals surface area contributed by atoms with Gasteiger partial charge in [-0.15, -0.1) is 23.2 Å². The Balaban J connectivity index is 1.57. The zero-order valence-electron chi connectivity index (χ0n) is 21.3. The van der Waals surface area contributed by atoms with Crippen LogP contribution in [-0.4, -0.2) is 56.5 Å². The summed E-state index contributed by atoms with van der Waals surface area (Å²) in [5, 5.41) is 10.3. The monoisotopic (exact) mass is 601 g/mol. The molecule has 0 bridgehead atoms. The number of phenols is 1. The molecule has 2 aromatic carbocycles. The first kappa shape index (κ1) is 27.2. The lowest BCUT2D eigenvalue weighted by atomic mass is 9.56. The number of ether oxygens (including phenoxy) is 1. The number of fused-ring (bicyclic) bond motifs is 4. The van der Waals surface area contributed by atoms with Crippen molar-refractivity contribution in [1.29, 1.82) is 0 Å². The van der Waals surface area contributed by atoms with Crippen molar-refractivity contribution >= 4 is 58.5 Å². The lowest BCUT2D eigenvalue weighted by Gasteiger charge is -2.50. The molecule has 0 spiro atoms. The number of amides is 6. The first-order valence-corrected chi connectivity index (χ1v) is 13.4. The van der Waals surface area contributed by atoms with E-state index in [9.17, 15) is 33.5 Å². The molecule has 41 heavy (non-hydrogen) atoms. The number of urea groups is 1. The molecule has 2 aromatic rings. The number of phenolic OH excluding ortho intramolecular Hbond substituents is 1. The summed E-state index contributed by atoms with van der Waals surface area (Å²) >= 11 is 14.4. The van der Waals surface area contributed by atoms with Crippen molar-refractivity contribution in [3.8, 4) is 11.5 Å². The summed E-state index contributed by atoms with van der Waals surface area (Å²) in [6.07, 6.45) is 1.41. The number of rotatable bonds is 3. The summed E-state index contributed by atoms with van der Waals surface area (Å²) in [5.41, 5.74) is 6.20. The van der Waals surface area contributed by atoms with Crippen LogP contribution in [0.3, 0.4) is 0 Å². The van der Waals surface area contributed by atoms with Gasteiger partial charge in [0.25, 0.3) is 11.8 Å². The first-order chi connectivity index (χ1) is 19.4. The van der Waals surface area contributed by atoms with Gasteiger partial charge in [-0.05, 0) is 60.7 Å². The highest BCUT2D eigenvalue weighted by Crippen LogP contribution is 2.66. The smallest absolute Gasteiger partial charge is 0.328 e. The molecule has 2 saturated heterocycles. The fraction of sp³-hybridized carbons (Fsp3) is 0.321. The van der Waals surface area contributed by atoms with Crippen molar-refractivity contribution in [2.75, 3.05) is 12.0 Å². The molecule has 3 N–H and O–H groups in total. The minimum atomic E-state index is -2.15. The molecule has 0 radical (unpaired) electrons. The van der Waals surface area contributed by atoms with E-state index in [1.165, 1.54) is 37.4 Å². The predicted octanol–water partition coefficient (Wildman–Crippen LogP) is 3.18. The standard InChI is InChI=1S/C28H22Cl2FN3O7/c1-41-19-10-12(2-9-18(19)35)21-15-7-8-16-20(23(37)34(22(16)36)26(32)40)17(15)11-27(29)24(38)33(25(39)28(21,27)30)14-5-3-13(31)4-6-14/h2-7,9-10,16-17,20-21,35H,8,11H2,1H3,(H2,32,40)/t16-,17+,20-,21-,27+,28-/m0/s1. The van der Waals surface area contributed by atoms with Crippen molar-refractivity contribution in [3.63, 3.8) is 0 Å². The van der Waals surface area contributed by atoms with E-state index in [2.05, 4.69) is 0 Å². The maximum Gasteiger partial charge on any atom is 0.328 e. The van der Waals surface area contributed by atoms with Crippen molar-refractivity contribution in [3.05, 3.63) is 65.5 Å². The molecule has 10 nitrogen and oxygen atoms in total. The quantitative estimate of drug-likeness (QED) is 0.312. The third-order valence-electron chi connectivity index (χ3n) is 8.65. The van der Waals surface area contributed by atoms with Crippen molar-refractivity contribution in [2.45, 2.75) is 28.5 Å². The Bertz CT molecular complexity index is 1600. The number of halogens is 3. The summed E-state index contributed by atoms with van der Waals surface area (Å²) in [6.45, 7) is 0. The Kier molecular flexibility index (Phi) is 5.99. The van der Waals surface area contributed by atoms with E-state index in [0.29, 0.717) is 16.0 Å². The molecule has 6 atom stereocenters. The number of benzene rings is 2. The Morgan fingerprint density at radius 2 is 1.73 bits per heavy atom. The number of carbonyl (C=O) groups is 5. The number of hydrogen-bond donors (Lipinski definition) is 2. The van der Waals surface area contributed by atoms with Crippen LogP contribution in [-0.2, 0) is 19.2 Å². The van der Waals surface area contributed by atoms with Gasteiger partial charge < -0.3 is 15.6 Å². The molecule has 0 aromatic heterocycles. The van der Waals surface area contributed by atoms with E-state index in [0.717, 1.165) is 17.0 Å². The van der Waals surface area contributed by atoms with Crippen LogP contribution in [0, 0.1) is 23.6 Å². The number of allylic oxidation sites excluding steroid dienone is 2. The van der Waals surface area contributed by atoms with Gasteiger partial charge in [-0.25, -0.2) is 14.1 Å². The highest BCUT2D eigenvalue weighted by Gasteiger charge is 2.76. The van der Waals surface area contributed by atoms with Crippen LogP contribution >= 0.6 is 23.2 Å². The van der Waals surface area contributed by atoms with Crippen molar-refractivity contribution in [1.82, 2.24) is 4.90 Å². The molecule has 2 heterocycles. The second-order valence-corrected chi connectivity index (χ2v) is 11.8. The number of anilines is 1. The number of nitrogens with zero attached hydrogens (tertiary/aromatic N) is 2. The molecule has 212 valence electrons. The molecule has 2 aliphatic heterocycles. The molecule has 2 aliphatic carbocycles. The topological polar surface area (TPSA) is 147 Å². The molecule has 6 amide bonds. The predicted molar refractivity (Wildman–Crippen MR) is 143 cm³/mol. The van der Waals surface area contributed by atoms with Crippen LogP contribution in [0.15, 0.2) is 54.1 Å². The lowest BCUT2D eigenvalue weighted by Crippen LogP contribution is -2.60. The Morgan fingerprint density at radius 1 is 1.05 bits per heavy atom. The van der Waals surface area contributed by atoms with Gasteiger partial charge in [0.15, 0.2) is 21.2 Å². The largest absolute Gasteiger partial charge is 0.504 e. The van der Waals surface area contributed by atoms with Crippen LogP contribution in [0.1, 0.15) is 24.3 Å². The number of carbonyl (C=O) groups excluding carboxylic acids is 5. The molecule has 0 unspecified atom stereocenters. The zero-order valence-corrected chi connectivity index (χ0v) is 22.9. The average Bonchev–Trinajstić information content (AvgIpc) is 3.28. The van der Waals surface area contributed by atoms with Crippen LogP contribution in [0.5, 0.6) is 11.5 Å². The number of likely N-dealkylation sites (tertiary alicyclic amines) is 1. The molecular formula is C28H22Cl2FN3O7. The van der Waals surface area contributed by atoms with Gasteiger partial charge in [0.1, 0.15) is 5.82 Å². The van der Waals surface area contributed by atoms with Crippen molar-refractivity contribution < 1.29 is 38.2 Å². The van der Waals surface area contributed by atoms with Crippen LogP contribution in [0.25, 0.3) is 0 Å². The molecule has 1 saturated carbocycles. The first-order valence-electron chi connectivity index (χ1n) is 12.6. The second-order valence-electron chi connectivity index (χ2n) is 10.5. The van der Waals surface area contributed by atoms with E-state index in [4.69, 9.17) is 33.7 Å². The average molecular weight is 602 g/mol. The SMILES string of the molecule is COc1cc([C@H]2C3=CC[C@@H]4C(=O)N(C(N)=O)C(=O)[C@@H]4[C@@H]3C[C@@]3(Cl)C(=O)N(c4ccc(F)cc4)C(=O)[C@@]23Cl)ccc1O. The summed E-state index contributed by atoms with van der Waals surface area (Å²) in [4.78, 5) is 63.7. The summed E-state index contributed by atoms with van der Waals surface area (Å²) in [7, 11) is 1.33. The maximum absolute atomic E-state index is 14.2. The van der Waals surface area contributed by atoms with Gasteiger partial charge in [0.2, 0.25) is 11.8 Å². The minimum absolute atomic E-state index is 0.0414. The third kappa shape index (κ3) is 3.45. The maximum atomic E-state index is 14.2. The Hall–Kier alpha value is -3.96. The number of aromatic hydroxyl groups is 1. The van der Waals surface area contributed by atoms with Gasteiger partial charge in [0, 0.05) is 5.92 Å². The van der Waals surface area contributed by atoms with E-state index >= 15 is 0 Å². The second kappa shape index (κ2) is 9.02. The molecular weight excluding hydrogens is 580 g/mol. The van der Waals surface area contributed by atoms with E-state index in [-0.39, 0.29) is 30.0 Å². The van der Waals surface area contributed by atoms with E-state index in [1.54, 1.807) is 6.08 Å². The van der Waals surface area contributed by atoms with E-state index < -0.39 is 68.9 Å². The number of nitrogens with two attached hydrogens (primary N) is 1. The number of methoxy groups -OCH3 is 1. The minimum Gasteiger partial charge on any atom is -0.504 e.